The van der Waals surface area contributed by atoms with E-state index in [0.717, 1.165) is 16.5 Å². The van der Waals surface area contributed by atoms with E-state index in [1.54, 1.807) is 6.08 Å². The minimum absolute atomic E-state index is 0.344. The van der Waals surface area contributed by atoms with Crippen LogP contribution in [0.1, 0.15) is 23.1 Å². The summed E-state index contributed by atoms with van der Waals surface area (Å²) in [6.45, 7) is 4.77. The first-order valence-corrected chi connectivity index (χ1v) is 9.82. The quantitative estimate of drug-likeness (QED) is 0.465. The molecule has 3 aromatic rings. The largest absolute Gasteiger partial charge is 0.485 e. The van der Waals surface area contributed by atoms with Crippen molar-refractivity contribution in [2.24, 2.45) is 0 Å². The summed E-state index contributed by atoms with van der Waals surface area (Å²) in [6, 6.07) is 17.4. The standard InChI is InChI=1S/C21H18N4O2S/c1-2-11-25-20(19-13-26-17-9-5-6-10-18(17)27-19)23-24-21(25)28-14-16-8-4-3-7-15(16)12-22/h2-10,19H,1,11,13-14H2/t19-/m0/s1. The van der Waals surface area contributed by atoms with Crippen LogP contribution in [-0.2, 0) is 12.3 Å². The van der Waals surface area contributed by atoms with E-state index in [1.807, 2.05) is 53.1 Å². The highest BCUT2D eigenvalue weighted by Gasteiger charge is 2.28. The lowest BCUT2D eigenvalue weighted by molar-refractivity contribution is 0.0821. The minimum atomic E-state index is -0.344. The molecule has 1 aliphatic heterocycles. The van der Waals surface area contributed by atoms with Crippen molar-refractivity contribution in [2.75, 3.05) is 6.61 Å². The van der Waals surface area contributed by atoms with Gasteiger partial charge in [0.05, 0.1) is 11.6 Å². The zero-order valence-electron chi connectivity index (χ0n) is 15.1. The highest BCUT2D eigenvalue weighted by molar-refractivity contribution is 7.98. The SMILES string of the molecule is C=CCn1c(SCc2ccccc2C#N)nnc1[C@@H]1COc2ccccc2O1. The Balaban J connectivity index is 1.56. The summed E-state index contributed by atoms with van der Waals surface area (Å²) in [6.07, 6.45) is 1.46. The molecule has 28 heavy (non-hydrogen) atoms. The van der Waals surface area contributed by atoms with Gasteiger partial charge in [-0.15, -0.1) is 16.8 Å². The molecule has 4 rings (SSSR count). The Bertz CT molecular complexity index is 1040. The van der Waals surface area contributed by atoms with Crippen molar-refractivity contribution >= 4 is 11.8 Å². The second kappa shape index (κ2) is 8.19. The Labute approximate surface area is 167 Å². The third-order valence-electron chi connectivity index (χ3n) is 4.35. The van der Waals surface area contributed by atoms with Crippen LogP contribution >= 0.6 is 11.8 Å². The number of allylic oxidation sites excluding steroid dienone is 1. The predicted molar refractivity (Wildman–Crippen MR) is 106 cm³/mol. The molecule has 0 amide bonds. The van der Waals surface area contributed by atoms with Crippen molar-refractivity contribution in [3.8, 4) is 17.6 Å². The van der Waals surface area contributed by atoms with Gasteiger partial charge in [-0.3, -0.25) is 4.57 Å². The van der Waals surface area contributed by atoms with E-state index < -0.39 is 0 Å². The number of para-hydroxylation sites is 2. The van der Waals surface area contributed by atoms with Crippen molar-refractivity contribution in [3.05, 3.63) is 78.1 Å². The van der Waals surface area contributed by atoms with Crippen LogP contribution in [0.3, 0.4) is 0 Å². The summed E-state index contributed by atoms with van der Waals surface area (Å²) in [7, 11) is 0. The molecule has 1 aromatic heterocycles. The van der Waals surface area contributed by atoms with Crippen LogP contribution in [0.5, 0.6) is 11.5 Å². The molecule has 1 aliphatic rings. The van der Waals surface area contributed by atoms with Crippen LogP contribution in [0, 0.1) is 11.3 Å². The van der Waals surface area contributed by atoms with Gasteiger partial charge >= 0.3 is 0 Å². The van der Waals surface area contributed by atoms with E-state index in [0.29, 0.717) is 36.0 Å². The zero-order valence-corrected chi connectivity index (χ0v) is 15.9. The summed E-state index contributed by atoms with van der Waals surface area (Å²) in [5, 5.41) is 18.7. The van der Waals surface area contributed by atoms with Gasteiger partial charge in [-0.05, 0) is 23.8 Å². The van der Waals surface area contributed by atoms with Crippen LogP contribution < -0.4 is 9.47 Å². The molecule has 0 aliphatic carbocycles. The van der Waals surface area contributed by atoms with Gasteiger partial charge in [-0.25, -0.2) is 0 Å². The van der Waals surface area contributed by atoms with E-state index in [-0.39, 0.29) is 6.10 Å². The van der Waals surface area contributed by atoms with Gasteiger partial charge in [0.1, 0.15) is 6.61 Å². The first-order valence-electron chi connectivity index (χ1n) is 8.83. The molecule has 0 fully saturated rings. The van der Waals surface area contributed by atoms with Gasteiger partial charge in [0.2, 0.25) is 0 Å². The lowest BCUT2D eigenvalue weighted by Gasteiger charge is -2.26. The molecule has 0 spiro atoms. The number of nitriles is 1. The number of ether oxygens (including phenoxy) is 2. The van der Waals surface area contributed by atoms with Gasteiger partial charge in [-0.2, -0.15) is 5.26 Å². The molecule has 0 saturated carbocycles. The Morgan fingerprint density at radius 3 is 2.79 bits per heavy atom. The molecule has 2 aromatic carbocycles. The first kappa shape index (κ1) is 18.1. The van der Waals surface area contributed by atoms with E-state index in [2.05, 4.69) is 22.8 Å². The molecular weight excluding hydrogens is 372 g/mol. The fourth-order valence-electron chi connectivity index (χ4n) is 2.99. The Kier molecular flexibility index (Phi) is 5.31. The molecule has 0 radical (unpaired) electrons. The van der Waals surface area contributed by atoms with Crippen molar-refractivity contribution in [2.45, 2.75) is 23.6 Å². The van der Waals surface area contributed by atoms with E-state index >= 15 is 0 Å². The normalized spacial score (nSPS) is 15.0. The van der Waals surface area contributed by atoms with Gasteiger partial charge in [0.15, 0.2) is 28.6 Å². The molecule has 0 bridgehead atoms. The van der Waals surface area contributed by atoms with Gasteiger partial charge < -0.3 is 9.47 Å². The molecule has 7 heteroatoms. The summed E-state index contributed by atoms with van der Waals surface area (Å²) in [5.41, 5.74) is 1.64. The summed E-state index contributed by atoms with van der Waals surface area (Å²) in [5.74, 6) is 2.76. The Hall–Kier alpha value is -3.24. The lowest BCUT2D eigenvalue weighted by atomic mass is 10.1. The fourth-order valence-corrected chi connectivity index (χ4v) is 3.95. The smallest absolute Gasteiger partial charge is 0.192 e. The monoisotopic (exact) mass is 390 g/mol. The molecule has 1 atom stereocenters. The summed E-state index contributed by atoms with van der Waals surface area (Å²) < 4.78 is 13.9. The predicted octanol–water partition coefficient (Wildman–Crippen LogP) is 4.14. The van der Waals surface area contributed by atoms with Gasteiger partial charge in [0, 0.05) is 12.3 Å². The van der Waals surface area contributed by atoms with Crippen molar-refractivity contribution in [1.29, 1.82) is 5.26 Å². The number of nitrogens with zero attached hydrogens (tertiary/aromatic N) is 4. The van der Waals surface area contributed by atoms with Crippen molar-refractivity contribution in [3.63, 3.8) is 0 Å². The van der Waals surface area contributed by atoms with Crippen molar-refractivity contribution in [1.82, 2.24) is 14.8 Å². The van der Waals surface area contributed by atoms with Crippen molar-refractivity contribution < 1.29 is 9.47 Å². The third-order valence-corrected chi connectivity index (χ3v) is 5.36. The second-order valence-electron chi connectivity index (χ2n) is 6.16. The average molecular weight is 390 g/mol. The Morgan fingerprint density at radius 1 is 1.18 bits per heavy atom. The topological polar surface area (TPSA) is 73.0 Å². The maximum absolute atomic E-state index is 9.27. The molecule has 0 saturated heterocycles. The number of thioether (sulfide) groups is 1. The van der Waals surface area contributed by atoms with Crippen LogP contribution in [0.2, 0.25) is 0 Å². The van der Waals surface area contributed by atoms with Crippen LogP contribution in [-0.4, -0.2) is 21.4 Å². The fraction of sp³-hybridized carbons (Fsp3) is 0.190. The maximum Gasteiger partial charge on any atom is 0.192 e. The zero-order chi connectivity index (χ0) is 19.3. The number of hydrogen-bond donors (Lipinski definition) is 0. The van der Waals surface area contributed by atoms with E-state index in [1.165, 1.54) is 11.8 Å². The number of rotatable bonds is 6. The summed E-state index contributed by atoms with van der Waals surface area (Å²) >= 11 is 1.53. The molecule has 6 nitrogen and oxygen atoms in total. The third kappa shape index (κ3) is 3.59. The first-order chi connectivity index (χ1) is 13.8. The molecule has 0 unspecified atom stereocenters. The highest BCUT2D eigenvalue weighted by Crippen LogP contribution is 2.36. The molecule has 2 heterocycles. The average Bonchev–Trinajstić information content (AvgIpc) is 3.15. The number of benzene rings is 2. The molecule has 140 valence electrons. The minimum Gasteiger partial charge on any atom is -0.485 e. The van der Waals surface area contributed by atoms with Gasteiger partial charge in [-0.1, -0.05) is 48.2 Å². The van der Waals surface area contributed by atoms with E-state index in [4.69, 9.17) is 9.47 Å². The molecule has 0 N–H and O–H groups in total. The number of fused-ring (bicyclic) bond motifs is 1. The molecular formula is C21H18N4O2S. The number of aromatic nitrogens is 3. The van der Waals surface area contributed by atoms with Crippen LogP contribution in [0.4, 0.5) is 0 Å². The van der Waals surface area contributed by atoms with Crippen LogP contribution in [0.25, 0.3) is 0 Å². The summed E-state index contributed by atoms with van der Waals surface area (Å²) in [4.78, 5) is 0. The van der Waals surface area contributed by atoms with Crippen LogP contribution in [0.15, 0.2) is 66.3 Å². The lowest BCUT2D eigenvalue weighted by Crippen LogP contribution is -2.25. The highest BCUT2D eigenvalue weighted by atomic mass is 32.2. The maximum atomic E-state index is 9.27. The van der Waals surface area contributed by atoms with Gasteiger partial charge in [0.25, 0.3) is 0 Å². The number of hydrogen-bond acceptors (Lipinski definition) is 6. The second-order valence-corrected chi connectivity index (χ2v) is 7.10. The van der Waals surface area contributed by atoms with E-state index in [9.17, 15) is 5.26 Å². The Morgan fingerprint density at radius 2 is 1.96 bits per heavy atom.